The fourth-order valence-electron chi connectivity index (χ4n) is 2.64. The van der Waals surface area contributed by atoms with E-state index in [1.807, 2.05) is 12.1 Å². The van der Waals surface area contributed by atoms with E-state index in [0.29, 0.717) is 25.8 Å². The van der Waals surface area contributed by atoms with Crippen LogP contribution in [0.3, 0.4) is 0 Å². The highest BCUT2D eigenvalue weighted by Gasteiger charge is 2.44. The Hall–Kier alpha value is -0.810. The zero-order chi connectivity index (χ0) is 12.6. The number of methoxy groups -OCH3 is 1. The van der Waals surface area contributed by atoms with Crippen LogP contribution < -0.4 is 4.74 Å². The monoisotopic (exact) mass is 269 g/mol. The van der Waals surface area contributed by atoms with Gasteiger partial charge in [-0.15, -0.1) is 11.6 Å². The van der Waals surface area contributed by atoms with Crippen LogP contribution in [0.4, 0.5) is 0 Å². The third kappa shape index (κ3) is 1.89. The van der Waals surface area contributed by atoms with Crippen molar-refractivity contribution in [2.45, 2.75) is 12.3 Å². The highest BCUT2D eigenvalue weighted by molar-refractivity contribution is 6.17. The standard InChI is InChI=1S/C13H16ClNO3/c1-16-11-3-2-10-7-15(9-14)8-13(12(10)6-11)17-4-5-18-13/h2-3,6H,4-5,7-9H2,1H3. The molecule has 18 heavy (non-hydrogen) atoms. The van der Waals surface area contributed by atoms with Gasteiger partial charge in [-0.25, -0.2) is 0 Å². The van der Waals surface area contributed by atoms with Gasteiger partial charge in [0, 0.05) is 12.1 Å². The number of rotatable bonds is 2. The number of fused-ring (bicyclic) bond motifs is 2. The maximum absolute atomic E-state index is 5.96. The van der Waals surface area contributed by atoms with Crippen LogP contribution in [-0.2, 0) is 21.8 Å². The highest BCUT2D eigenvalue weighted by atomic mass is 35.5. The molecule has 0 radical (unpaired) electrons. The van der Waals surface area contributed by atoms with Crippen molar-refractivity contribution in [1.82, 2.24) is 4.90 Å². The minimum Gasteiger partial charge on any atom is -0.497 e. The van der Waals surface area contributed by atoms with Crippen LogP contribution in [-0.4, -0.2) is 37.8 Å². The summed E-state index contributed by atoms with van der Waals surface area (Å²) >= 11 is 5.96. The van der Waals surface area contributed by atoms with E-state index in [1.54, 1.807) is 7.11 Å². The van der Waals surface area contributed by atoms with Crippen molar-refractivity contribution >= 4 is 11.6 Å². The molecule has 1 aromatic rings. The molecule has 0 N–H and O–H groups in total. The number of hydrogen-bond acceptors (Lipinski definition) is 4. The molecule has 3 rings (SSSR count). The van der Waals surface area contributed by atoms with Gasteiger partial charge in [0.1, 0.15) is 5.75 Å². The Morgan fingerprint density at radius 2 is 2.17 bits per heavy atom. The topological polar surface area (TPSA) is 30.9 Å². The van der Waals surface area contributed by atoms with Gasteiger partial charge in [-0.05, 0) is 17.7 Å². The summed E-state index contributed by atoms with van der Waals surface area (Å²) in [5.41, 5.74) is 2.25. The molecule has 2 heterocycles. The van der Waals surface area contributed by atoms with E-state index in [1.165, 1.54) is 5.56 Å². The fraction of sp³-hybridized carbons (Fsp3) is 0.538. The molecule has 98 valence electrons. The average molecular weight is 270 g/mol. The van der Waals surface area contributed by atoms with Crippen LogP contribution in [0, 0.1) is 0 Å². The lowest BCUT2D eigenvalue weighted by Crippen LogP contribution is -2.46. The van der Waals surface area contributed by atoms with Crippen LogP contribution in [0.15, 0.2) is 18.2 Å². The van der Waals surface area contributed by atoms with Gasteiger partial charge >= 0.3 is 0 Å². The third-order valence-electron chi connectivity index (χ3n) is 3.48. The lowest BCUT2D eigenvalue weighted by Gasteiger charge is -2.39. The minimum absolute atomic E-state index is 0.472. The molecular weight excluding hydrogens is 254 g/mol. The molecule has 0 atom stereocenters. The molecule has 1 fully saturated rings. The normalized spacial score (nSPS) is 22.1. The second-order valence-electron chi connectivity index (χ2n) is 4.58. The lowest BCUT2D eigenvalue weighted by molar-refractivity contribution is -0.185. The second kappa shape index (κ2) is 4.70. The van der Waals surface area contributed by atoms with E-state index >= 15 is 0 Å². The Morgan fingerprint density at radius 3 is 2.83 bits per heavy atom. The summed E-state index contributed by atoms with van der Waals surface area (Å²) in [6.45, 7) is 2.72. The maximum atomic E-state index is 5.96. The molecule has 0 aromatic heterocycles. The summed E-state index contributed by atoms with van der Waals surface area (Å²) in [4.78, 5) is 2.11. The Balaban J connectivity index is 2.06. The molecule has 1 saturated heterocycles. The number of nitrogens with zero attached hydrogens (tertiary/aromatic N) is 1. The molecule has 2 aliphatic rings. The van der Waals surface area contributed by atoms with E-state index in [9.17, 15) is 0 Å². The number of hydrogen-bond donors (Lipinski definition) is 0. The number of ether oxygens (including phenoxy) is 3. The zero-order valence-electron chi connectivity index (χ0n) is 10.3. The summed E-state index contributed by atoms with van der Waals surface area (Å²) < 4.78 is 17.0. The molecular formula is C13H16ClNO3. The largest absolute Gasteiger partial charge is 0.497 e. The first-order valence-electron chi connectivity index (χ1n) is 6.01. The van der Waals surface area contributed by atoms with Gasteiger partial charge in [-0.1, -0.05) is 6.07 Å². The van der Waals surface area contributed by atoms with Gasteiger partial charge < -0.3 is 14.2 Å². The van der Waals surface area contributed by atoms with Crippen molar-refractivity contribution < 1.29 is 14.2 Å². The van der Waals surface area contributed by atoms with Crippen molar-refractivity contribution in [3.63, 3.8) is 0 Å². The molecule has 4 nitrogen and oxygen atoms in total. The molecule has 1 aromatic carbocycles. The highest BCUT2D eigenvalue weighted by Crippen LogP contribution is 2.40. The third-order valence-corrected chi connectivity index (χ3v) is 3.81. The van der Waals surface area contributed by atoms with Crippen LogP contribution in [0.25, 0.3) is 0 Å². The van der Waals surface area contributed by atoms with E-state index in [0.717, 1.165) is 17.9 Å². The molecule has 0 bridgehead atoms. The van der Waals surface area contributed by atoms with Gasteiger partial charge in [-0.3, -0.25) is 4.90 Å². The van der Waals surface area contributed by atoms with Gasteiger partial charge in [0.15, 0.2) is 0 Å². The maximum Gasteiger partial charge on any atom is 0.208 e. The van der Waals surface area contributed by atoms with Crippen molar-refractivity contribution in [1.29, 1.82) is 0 Å². The summed E-state index contributed by atoms with van der Waals surface area (Å²) in [7, 11) is 1.67. The van der Waals surface area contributed by atoms with Crippen LogP contribution in [0.5, 0.6) is 5.75 Å². The average Bonchev–Trinajstić information content (AvgIpc) is 2.87. The van der Waals surface area contributed by atoms with Crippen molar-refractivity contribution in [2.75, 3.05) is 32.9 Å². The SMILES string of the molecule is COc1ccc2c(c1)C1(CN(CCl)C2)OCCO1. The van der Waals surface area contributed by atoms with Crippen molar-refractivity contribution in [2.24, 2.45) is 0 Å². The molecule has 0 aliphatic carbocycles. The molecule has 2 aliphatic heterocycles. The Kier molecular flexibility index (Phi) is 3.20. The fourth-order valence-corrected chi connectivity index (χ4v) is 2.81. The molecule has 5 heteroatoms. The van der Waals surface area contributed by atoms with Gasteiger partial charge in [0.05, 0.1) is 32.9 Å². The second-order valence-corrected chi connectivity index (χ2v) is 4.82. The predicted molar refractivity (Wildman–Crippen MR) is 67.7 cm³/mol. The van der Waals surface area contributed by atoms with E-state index < -0.39 is 5.79 Å². The predicted octanol–water partition coefficient (Wildman–Crippen LogP) is 1.91. The molecule has 0 amide bonds. The molecule has 0 unspecified atom stereocenters. The minimum atomic E-state index is -0.670. The van der Waals surface area contributed by atoms with Gasteiger partial charge in [0.2, 0.25) is 5.79 Å². The van der Waals surface area contributed by atoms with Crippen molar-refractivity contribution in [3.05, 3.63) is 29.3 Å². The summed E-state index contributed by atoms with van der Waals surface area (Å²) in [5, 5.41) is 0. The summed E-state index contributed by atoms with van der Waals surface area (Å²) in [5.74, 6) is 0.156. The van der Waals surface area contributed by atoms with E-state index in [4.69, 9.17) is 25.8 Å². The number of benzene rings is 1. The van der Waals surface area contributed by atoms with E-state index in [2.05, 4.69) is 11.0 Å². The Labute approximate surface area is 111 Å². The summed E-state index contributed by atoms with van der Waals surface area (Å²) in [6.07, 6.45) is 0. The van der Waals surface area contributed by atoms with Crippen LogP contribution >= 0.6 is 11.6 Å². The van der Waals surface area contributed by atoms with Crippen LogP contribution in [0.2, 0.25) is 0 Å². The summed E-state index contributed by atoms with van der Waals surface area (Å²) in [6, 6.07) is 6.49. The number of alkyl halides is 1. The lowest BCUT2D eigenvalue weighted by atomic mass is 9.94. The Morgan fingerprint density at radius 1 is 1.39 bits per heavy atom. The first-order chi connectivity index (χ1) is 8.77. The molecule has 1 spiro atoms. The van der Waals surface area contributed by atoms with E-state index in [-0.39, 0.29) is 0 Å². The van der Waals surface area contributed by atoms with Crippen LogP contribution in [0.1, 0.15) is 11.1 Å². The first kappa shape index (κ1) is 12.2. The molecule has 0 saturated carbocycles. The zero-order valence-corrected chi connectivity index (χ0v) is 11.1. The van der Waals surface area contributed by atoms with Gasteiger partial charge in [0.25, 0.3) is 0 Å². The Bertz CT molecular complexity index is 446. The first-order valence-corrected chi connectivity index (χ1v) is 6.54. The quantitative estimate of drug-likeness (QED) is 0.606. The van der Waals surface area contributed by atoms with Gasteiger partial charge in [-0.2, -0.15) is 0 Å². The van der Waals surface area contributed by atoms with Crippen molar-refractivity contribution in [3.8, 4) is 5.75 Å². The smallest absolute Gasteiger partial charge is 0.208 e. The number of halogens is 1.